The van der Waals surface area contributed by atoms with E-state index in [2.05, 4.69) is 20.9 Å². The second kappa shape index (κ2) is 6.26. The van der Waals surface area contributed by atoms with Gasteiger partial charge in [0.25, 0.3) is 0 Å². The molecule has 6 heteroatoms. The summed E-state index contributed by atoms with van der Waals surface area (Å²) in [4.78, 5) is 15.2. The van der Waals surface area contributed by atoms with E-state index in [0.29, 0.717) is 16.9 Å². The molecule has 1 atom stereocenters. The van der Waals surface area contributed by atoms with E-state index in [-0.39, 0.29) is 17.9 Å². The number of carbonyl (C=O) groups excluding carboxylic acids is 1. The van der Waals surface area contributed by atoms with Crippen molar-refractivity contribution < 1.29 is 14.3 Å². The van der Waals surface area contributed by atoms with Gasteiger partial charge in [0, 0.05) is 4.47 Å². The van der Waals surface area contributed by atoms with Gasteiger partial charge in [0.2, 0.25) is 11.8 Å². The van der Waals surface area contributed by atoms with Gasteiger partial charge in [-0.1, -0.05) is 39.7 Å². The standard InChI is InChI=1S/C16H13BrClNO3/c1-21-15-9(8-20)7-13(18)16(19-15)22-14-6-5-10-11(14)3-2-4-12(10)17/h2-4,7-8,14H,5-6H2,1H3/t14-/m0/s1. The van der Waals surface area contributed by atoms with Crippen molar-refractivity contribution in [1.82, 2.24) is 4.98 Å². The topological polar surface area (TPSA) is 48.4 Å². The van der Waals surface area contributed by atoms with Crippen LogP contribution in [0.25, 0.3) is 0 Å². The van der Waals surface area contributed by atoms with E-state index in [1.807, 2.05) is 18.2 Å². The Morgan fingerprint density at radius 3 is 2.95 bits per heavy atom. The summed E-state index contributed by atoms with van der Waals surface area (Å²) in [6, 6.07) is 7.55. The molecule has 0 bridgehead atoms. The zero-order valence-corrected chi connectivity index (χ0v) is 14.1. The first-order chi connectivity index (χ1) is 10.6. The zero-order chi connectivity index (χ0) is 15.7. The molecular weight excluding hydrogens is 370 g/mol. The number of carbonyl (C=O) groups is 1. The number of aldehydes is 1. The van der Waals surface area contributed by atoms with Crippen molar-refractivity contribution >= 4 is 33.8 Å². The quantitative estimate of drug-likeness (QED) is 0.736. The number of hydrogen-bond donors (Lipinski definition) is 0. The van der Waals surface area contributed by atoms with Gasteiger partial charge in [-0.05, 0) is 36.1 Å². The second-order valence-corrected chi connectivity index (χ2v) is 6.21. The molecule has 0 unspecified atom stereocenters. The average Bonchev–Trinajstić information content (AvgIpc) is 2.93. The van der Waals surface area contributed by atoms with Gasteiger partial charge in [0.1, 0.15) is 11.1 Å². The van der Waals surface area contributed by atoms with Crippen LogP contribution in [-0.2, 0) is 6.42 Å². The molecule has 22 heavy (non-hydrogen) atoms. The van der Waals surface area contributed by atoms with Gasteiger partial charge in [-0.2, -0.15) is 4.98 Å². The molecule has 0 fully saturated rings. The van der Waals surface area contributed by atoms with Crippen molar-refractivity contribution in [3.63, 3.8) is 0 Å². The van der Waals surface area contributed by atoms with Crippen molar-refractivity contribution in [3.8, 4) is 11.8 Å². The van der Waals surface area contributed by atoms with Crippen LogP contribution in [0.5, 0.6) is 11.8 Å². The van der Waals surface area contributed by atoms with E-state index in [9.17, 15) is 4.79 Å². The van der Waals surface area contributed by atoms with Gasteiger partial charge in [-0.3, -0.25) is 4.79 Å². The molecule has 2 aromatic rings. The van der Waals surface area contributed by atoms with E-state index in [1.54, 1.807) is 0 Å². The molecule has 0 spiro atoms. The highest BCUT2D eigenvalue weighted by molar-refractivity contribution is 9.10. The lowest BCUT2D eigenvalue weighted by molar-refractivity contribution is 0.111. The first kappa shape index (κ1) is 15.3. The van der Waals surface area contributed by atoms with Crippen molar-refractivity contribution in [2.24, 2.45) is 0 Å². The number of aromatic nitrogens is 1. The lowest BCUT2D eigenvalue weighted by Crippen LogP contribution is -2.06. The fraction of sp³-hybridized carbons (Fsp3) is 0.250. The largest absolute Gasteiger partial charge is 0.480 e. The summed E-state index contributed by atoms with van der Waals surface area (Å²) < 4.78 is 12.2. The Morgan fingerprint density at radius 2 is 2.23 bits per heavy atom. The van der Waals surface area contributed by atoms with Crippen molar-refractivity contribution in [2.75, 3.05) is 7.11 Å². The Bertz CT molecular complexity index is 736. The second-order valence-electron chi connectivity index (χ2n) is 4.94. The Kier molecular flexibility index (Phi) is 4.36. The number of methoxy groups -OCH3 is 1. The molecule has 0 saturated heterocycles. The van der Waals surface area contributed by atoms with Crippen LogP contribution in [0.15, 0.2) is 28.7 Å². The average molecular weight is 383 g/mol. The highest BCUT2D eigenvalue weighted by Crippen LogP contribution is 2.40. The molecule has 4 nitrogen and oxygen atoms in total. The molecule has 1 aliphatic carbocycles. The predicted octanol–water partition coefficient (Wildman–Crippen LogP) is 4.38. The Balaban J connectivity index is 1.92. The van der Waals surface area contributed by atoms with Crippen molar-refractivity contribution in [3.05, 3.63) is 50.5 Å². The number of nitrogens with zero attached hydrogens (tertiary/aromatic N) is 1. The number of pyridine rings is 1. The van der Waals surface area contributed by atoms with Crippen molar-refractivity contribution in [1.29, 1.82) is 0 Å². The van der Waals surface area contributed by atoms with Crippen molar-refractivity contribution in [2.45, 2.75) is 18.9 Å². The molecule has 0 amide bonds. The van der Waals surface area contributed by atoms with Crippen LogP contribution in [0, 0.1) is 0 Å². The summed E-state index contributed by atoms with van der Waals surface area (Å²) in [6.07, 6.45) is 2.34. The third-order valence-electron chi connectivity index (χ3n) is 3.67. The molecule has 1 aliphatic rings. The highest BCUT2D eigenvalue weighted by Gasteiger charge is 2.27. The molecule has 1 heterocycles. The van der Waals surface area contributed by atoms with Gasteiger partial charge in [-0.15, -0.1) is 0 Å². The maximum Gasteiger partial charge on any atom is 0.236 e. The summed E-state index contributed by atoms with van der Waals surface area (Å²) in [6.45, 7) is 0. The van der Waals surface area contributed by atoms with Crippen LogP contribution in [-0.4, -0.2) is 18.4 Å². The van der Waals surface area contributed by atoms with Crippen LogP contribution >= 0.6 is 27.5 Å². The summed E-state index contributed by atoms with van der Waals surface area (Å²) in [5.74, 6) is 0.490. The molecule has 1 aromatic heterocycles. The lowest BCUT2D eigenvalue weighted by atomic mass is 10.1. The normalized spacial score (nSPS) is 16.2. The van der Waals surface area contributed by atoms with Gasteiger partial charge in [0.15, 0.2) is 6.29 Å². The lowest BCUT2D eigenvalue weighted by Gasteiger charge is -2.16. The number of halogens is 2. The minimum absolute atomic E-state index is 0.107. The van der Waals surface area contributed by atoms with Gasteiger partial charge < -0.3 is 9.47 Å². The Labute approximate surface area is 141 Å². The zero-order valence-electron chi connectivity index (χ0n) is 11.8. The van der Waals surface area contributed by atoms with E-state index < -0.39 is 0 Å². The monoisotopic (exact) mass is 381 g/mol. The fourth-order valence-corrected chi connectivity index (χ4v) is 3.41. The van der Waals surface area contributed by atoms with Crippen LogP contribution in [0.2, 0.25) is 5.02 Å². The molecule has 0 saturated carbocycles. The molecule has 114 valence electrons. The number of rotatable bonds is 4. The number of ether oxygens (including phenoxy) is 2. The molecule has 3 rings (SSSR count). The maximum absolute atomic E-state index is 11.0. The predicted molar refractivity (Wildman–Crippen MR) is 87.0 cm³/mol. The Hall–Kier alpha value is -1.59. The molecule has 0 aliphatic heterocycles. The van der Waals surface area contributed by atoms with Crippen LogP contribution in [0.3, 0.4) is 0 Å². The third kappa shape index (κ3) is 2.71. The first-order valence-electron chi connectivity index (χ1n) is 6.77. The van der Waals surface area contributed by atoms with Crippen LogP contribution < -0.4 is 9.47 Å². The number of hydrogen-bond acceptors (Lipinski definition) is 4. The fourth-order valence-electron chi connectivity index (χ4n) is 2.63. The summed E-state index contributed by atoms with van der Waals surface area (Å²) >= 11 is 9.72. The minimum atomic E-state index is -0.107. The number of benzene rings is 1. The SMILES string of the molecule is COc1nc(O[C@H]2CCc3c(Br)cccc32)c(Cl)cc1C=O. The van der Waals surface area contributed by atoms with Crippen LogP contribution in [0.1, 0.15) is 34.0 Å². The molecule has 0 radical (unpaired) electrons. The molecule has 0 N–H and O–H groups in total. The first-order valence-corrected chi connectivity index (χ1v) is 7.94. The van der Waals surface area contributed by atoms with E-state index >= 15 is 0 Å². The van der Waals surface area contributed by atoms with Crippen LogP contribution in [0.4, 0.5) is 0 Å². The van der Waals surface area contributed by atoms with E-state index in [4.69, 9.17) is 21.1 Å². The summed E-state index contributed by atoms with van der Waals surface area (Å²) in [5, 5.41) is 0.298. The molecular formula is C16H13BrClNO3. The van der Waals surface area contributed by atoms with Gasteiger partial charge in [-0.25, -0.2) is 0 Å². The maximum atomic E-state index is 11.0. The van der Waals surface area contributed by atoms with Gasteiger partial charge in [0.05, 0.1) is 12.7 Å². The summed E-state index contributed by atoms with van der Waals surface area (Å²) in [7, 11) is 1.45. The Morgan fingerprint density at radius 1 is 1.41 bits per heavy atom. The smallest absolute Gasteiger partial charge is 0.236 e. The van der Waals surface area contributed by atoms with Gasteiger partial charge >= 0.3 is 0 Å². The summed E-state index contributed by atoms with van der Waals surface area (Å²) in [5.41, 5.74) is 2.68. The van der Waals surface area contributed by atoms with E-state index in [1.165, 1.54) is 18.7 Å². The minimum Gasteiger partial charge on any atom is -0.480 e. The molecule has 1 aromatic carbocycles. The third-order valence-corrected chi connectivity index (χ3v) is 4.68. The highest BCUT2D eigenvalue weighted by atomic mass is 79.9. The van der Waals surface area contributed by atoms with E-state index in [0.717, 1.165) is 22.9 Å². The number of fused-ring (bicyclic) bond motifs is 1.